The third kappa shape index (κ3) is 2.71. The molecule has 2 N–H and O–H groups in total. The molecule has 2 aliphatic rings. The van der Waals surface area contributed by atoms with E-state index >= 15 is 0 Å². The van der Waals surface area contributed by atoms with Crippen molar-refractivity contribution in [3.63, 3.8) is 0 Å². The van der Waals surface area contributed by atoms with Gasteiger partial charge in [-0.3, -0.25) is 25.7 Å². The van der Waals surface area contributed by atoms with Gasteiger partial charge >= 0.3 is 5.69 Å². The van der Waals surface area contributed by atoms with Crippen LogP contribution in [0.5, 0.6) is 0 Å². The van der Waals surface area contributed by atoms with Crippen molar-refractivity contribution < 1.29 is 15.0 Å². The van der Waals surface area contributed by atoms with Crippen molar-refractivity contribution in [1.82, 2.24) is 0 Å². The topological polar surface area (TPSA) is 131 Å². The van der Waals surface area contributed by atoms with Gasteiger partial charge in [0.25, 0.3) is 5.69 Å². The number of nitro benzene ring substituents is 2. The summed E-state index contributed by atoms with van der Waals surface area (Å²) in [5, 5.41) is 36.5. The molecule has 0 amide bonds. The maximum atomic E-state index is 11.1. The van der Waals surface area contributed by atoms with E-state index in [1.54, 1.807) is 0 Å². The third-order valence-electron chi connectivity index (χ3n) is 5.05. The molecule has 2 unspecified atom stereocenters. The van der Waals surface area contributed by atoms with E-state index in [2.05, 4.69) is 10.5 Å². The van der Waals surface area contributed by atoms with Gasteiger partial charge < -0.3 is 5.11 Å². The second kappa shape index (κ2) is 6.16. The zero-order valence-corrected chi connectivity index (χ0v) is 13.0. The SMILES string of the molecule is O=[N+]([O-])c1ccc(NN=C2CCCC23CCCC3O)c([N+](=O)[O-])c1. The molecule has 1 spiro atoms. The van der Waals surface area contributed by atoms with Crippen LogP contribution in [0, 0.1) is 25.6 Å². The van der Waals surface area contributed by atoms with E-state index in [0.29, 0.717) is 0 Å². The summed E-state index contributed by atoms with van der Waals surface area (Å²) < 4.78 is 0. The summed E-state index contributed by atoms with van der Waals surface area (Å²) in [4.78, 5) is 20.6. The zero-order valence-electron chi connectivity index (χ0n) is 13.0. The van der Waals surface area contributed by atoms with E-state index in [1.165, 1.54) is 12.1 Å². The lowest BCUT2D eigenvalue weighted by molar-refractivity contribution is -0.393. The molecular formula is C15H18N4O5. The standard InChI is InChI=1S/C15H18N4O5/c20-14-4-2-8-15(14)7-1-3-13(15)17-16-11-6-5-10(18(21)22)9-12(11)19(23)24/h5-6,9,14,16,20H,1-4,7-8H2. The lowest BCUT2D eigenvalue weighted by Crippen LogP contribution is -2.34. The number of benzene rings is 1. The van der Waals surface area contributed by atoms with E-state index in [-0.39, 0.29) is 16.8 Å². The van der Waals surface area contributed by atoms with E-state index in [9.17, 15) is 25.3 Å². The maximum Gasteiger partial charge on any atom is 0.301 e. The molecule has 0 saturated heterocycles. The number of aliphatic hydroxyl groups excluding tert-OH is 1. The van der Waals surface area contributed by atoms with Crippen molar-refractivity contribution in [3.8, 4) is 0 Å². The summed E-state index contributed by atoms with van der Waals surface area (Å²) in [6, 6.07) is 3.40. The molecule has 0 aromatic heterocycles. The van der Waals surface area contributed by atoms with Crippen LogP contribution < -0.4 is 5.43 Å². The Morgan fingerprint density at radius 3 is 2.58 bits per heavy atom. The molecule has 3 rings (SSSR count). The molecule has 0 bridgehead atoms. The van der Waals surface area contributed by atoms with Crippen LogP contribution in [-0.4, -0.2) is 26.8 Å². The molecule has 128 valence electrons. The van der Waals surface area contributed by atoms with Crippen molar-refractivity contribution in [3.05, 3.63) is 38.4 Å². The molecule has 0 aliphatic heterocycles. The summed E-state index contributed by atoms with van der Waals surface area (Å²) in [6.45, 7) is 0. The highest BCUT2D eigenvalue weighted by molar-refractivity contribution is 5.93. The van der Waals surface area contributed by atoms with Gasteiger partial charge in [0.05, 0.1) is 22.0 Å². The lowest BCUT2D eigenvalue weighted by atomic mass is 9.81. The van der Waals surface area contributed by atoms with Crippen LogP contribution in [0.4, 0.5) is 17.1 Å². The molecule has 24 heavy (non-hydrogen) atoms. The number of nitro groups is 2. The second-order valence-electron chi connectivity index (χ2n) is 6.30. The molecule has 2 atom stereocenters. The van der Waals surface area contributed by atoms with Crippen molar-refractivity contribution in [2.45, 2.75) is 44.6 Å². The van der Waals surface area contributed by atoms with E-state index in [0.717, 1.165) is 50.3 Å². The van der Waals surface area contributed by atoms with Crippen molar-refractivity contribution in [1.29, 1.82) is 0 Å². The quantitative estimate of drug-likeness (QED) is 0.643. The van der Waals surface area contributed by atoms with Gasteiger partial charge in [-0.05, 0) is 44.6 Å². The minimum Gasteiger partial charge on any atom is -0.392 e. The molecule has 2 saturated carbocycles. The fraction of sp³-hybridized carbons (Fsp3) is 0.533. The molecule has 2 aliphatic carbocycles. The Morgan fingerprint density at radius 2 is 1.96 bits per heavy atom. The number of hydrogen-bond acceptors (Lipinski definition) is 7. The number of nitrogens with one attached hydrogen (secondary N) is 1. The minimum atomic E-state index is -0.677. The van der Waals surface area contributed by atoms with Gasteiger partial charge in [-0.1, -0.05) is 0 Å². The van der Waals surface area contributed by atoms with Gasteiger partial charge in [-0.25, -0.2) is 0 Å². The van der Waals surface area contributed by atoms with Crippen LogP contribution in [0.15, 0.2) is 23.3 Å². The summed E-state index contributed by atoms with van der Waals surface area (Å²) in [5.41, 5.74) is 2.57. The summed E-state index contributed by atoms with van der Waals surface area (Å²) in [6.07, 6.45) is 4.68. The first-order valence-corrected chi connectivity index (χ1v) is 7.88. The van der Waals surface area contributed by atoms with Crippen molar-refractivity contribution >= 4 is 22.8 Å². The third-order valence-corrected chi connectivity index (χ3v) is 5.05. The molecule has 2 fully saturated rings. The highest BCUT2D eigenvalue weighted by Gasteiger charge is 2.48. The van der Waals surface area contributed by atoms with Crippen LogP contribution in [0.1, 0.15) is 38.5 Å². The second-order valence-corrected chi connectivity index (χ2v) is 6.30. The van der Waals surface area contributed by atoms with Crippen molar-refractivity contribution in [2.75, 3.05) is 5.43 Å². The average molecular weight is 334 g/mol. The Hall–Kier alpha value is -2.55. The summed E-state index contributed by atoms with van der Waals surface area (Å²) in [5.74, 6) is 0. The predicted molar refractivity (Wildman–Crippen MR) is 87.0 cm³/mol. The van der Waals surface area contributed by atoms with E-state index in [4.69, 9.17) is 0 Å². The summed E-state index contributed by atoms with van der Waals surface area (Å²) >= 11 is 0. The number of non-ortho nitro benzene ring substituents is 1. The monoisotopic (exact) mass is 334 g/mol. The fourth-order valence-electron chi connectivity index (χ4n) is 3.82. The number of hydrazone groups is 1. The van der Waals surface area contributed by atoms with Crippen molar-refractivity contribution in [2.24, 2.45) is 10.5 Å². The van der Waals surface area contributed by atoms with Crippen LogP contribution in [0.25, 0.3) is 0 Å². The first kappa shape index (κ1) is 16.3. The molecule has 0 heterocycles. The Bertz CT molecular complexity index is 716. The van der Waals surface area contributed by atoms with Gasteiger partial charge in [-0.2, -0.15) is 5.10 Å². The minimum absolute atomic E-state index is 0.104. The first-order chi connectivity index (χ1) is 11.4. The lowest BCUT2D eigenvalue weighted by Gasteiger charge is -2.28. The molecular weight excluding hydrogens is 316 g/mol. The Kier molecular flexibility index (Phi) is 4.18. The number of nitrogens with zero attached hydrogens (tertiary/aromatic N) is 3. The predicted octanol–water partition coefficient (Wildman–Crippen LogP) is 2.99. The smallest absolute Gasteiger partial charge is 0.301 e. The summed E-state index contributed by atoms with van der Waals surface area (Å²) in [7, 11) is 0. The Morgan fingerprint density at radius 1 is 1.21 bits per heavy atom. The number of hydrogen-bond donors (Lipinski definition) is 2. The van der Waals surface area contributed by atoms with Gasteiger partial charge in [0, 0.05) is 17.2 Å². The highest BCUT2D eigenvalue weighted by atomic mass is 16.6. The highest BCUT2D eigenvalue weighted by Crippen LogP contribution is 2.49. The van der Waals surface area contributed by atoms with E-state index < -0.39 is 21.6 Å². The molecule has 9 heteroatoms. The molecule has 9 nitrogen and oxygen atoms in total. The molecule has 0 radical (unpaired) electrons. The Labute approximate surface area is 137 Å². The fourth-order valence-corrected chi connectivity index (χ4v) is 3.82. The van der Waals surface area contributed by atoms with Crippen LogP contribution >= 0.6 is 0 Å². The van der Waals surface area contributed by atoms with Gasteiger partial charge in [0.2, 0.25) is 0 Å². The maximum absolute atomic E-state index is 11.1. The van der Waals surface area contributed by atoms with Crippen LogP contribution in [0.2, 0.25) is 0 Å². The number of anilines is 1. The molecule has 1 aromatic carbocycles. The normalized spacial score (nSPS) is 27.7. The number of aliphatic hydroxyl groups is 1. The first-order valence-electron chi connectivity index (χ1n) is 7.88. The zero-order chi connectivity index (χ0) is 17.3. The van der Waals surface area contributed by atoms with Gasteiger partial charge in [-0.15, -0.1) is 0 Å². The van der Waals surface area contributed by atoms with Crippen LogP contribution in [-0.2, 0) is 0 Å². The largest absolute Gasteiger partial charge is 0.392 e. The van der Waals surface area contributed by atoms with Gasteiger partial charge in [0.1, 0.15) is 5.69 Å². The van der Waals surface area contributed by atoms with Crippen LogP contribution in [0.3, 0.4) is 0 Å². The number of rotatable bonds is 4. The van der Waals surface area contributed by atoms with E-state index in [1.807, 2.05) is 0 Å². The Balaban J connectivity index is 1.88. The van der Waals surface area contributed by atoms with Gasteiger partial charge in [0.15, 0.2) is 0 Å². The molecule has 1 aromatic rings. The average Bonchev–Trinajstić information content (AvgIpc) is 3.12.